The molecule has 2 nitrogen and oxygen atoms in total. The van der Waals surface area contributed by atoms with Crippen LogP contribution in [0.15, 0.2) is 223 Å². The first kappa shape index (κ1) is 33.1. The van der Waals surface area contributed by atoms with Crippen LogP contribution in [0.3, 0.4) is 0 Å². The molecule has 2 unspecified atom stereocenters. The SMILES string of the molecule is c1ccc(-c2c3cccc2C(c2ccccc2)(c2ccccc2C2N=c4ccccc4=C(c4ccc5ccccc5c4)N2)c2ccccc2-c2ccccc2-3)cc1. The Morgan fingerprint density at radius 1 is 0.404 bits per heavy atom. The lowest BCUT2D eigenvalue weighted by atomic mass is 9.59. The lowest BCUT2D eigenvalue weighted by molar-refractivity contribution is 0.611. The van der Waals surface area contributed by atoms with Crippen LogP contribution < -0.4 is 15.9 Å². The maximum Gasteiger partial charge on any atom is 0.145 e. The standard InChI is InChI=1S/C55H38N2/c1-3-19-38(20-4-1)52-45-29-17-32-50(52)55(41-22-5-2-6-23-41,48-30-14-11-26-44(48)42-24-9-10-25-43(42)45)49-31-15-12-27-46(49)54-56-51-33-16-13-28-47(51)53(57-54)40-35-34-37-18-7-8-21-39(37)36-40/h1-36,54,57H. The lowest BCUT2D eigenvalue weighted by Gasteiger charge is -2.43. The third-order valence-electron chi connectivity index (χ3n) is 12.0. The Kier molecular flexibility index (Phi) is 7.82. The molecule has 57 heavy (non-hydrogen) atoms. The molecule has 11 rings (SSSR count). The third kappa shape index (κ3) is 5.22. The van der Waals surface area contributed by atoms with Gasteiger partial charge in [0.25, 0.3) is 0 Å². The van der Waals surface area contributed by atoms with Gasteiger partial charge in [0, 0.05) is 10.8 Å². The lowest BCUT2D eigenvalue weighted by Crippen LogP contribution is -2.41. The van der Waals surface area contributed by atoms with Gasteiger partial charge >= 0.3 is 0 Å². The molecule has 2 aliphatic rings. The summed E-state index contributed by atoms with van der Waals surface area (Å²) in [7, 11) is 0. The maximum absolute atomic E-state index is 5.55. The second-order valence-electron chi connectivity index (χ2n) is 15.0. The van der Waals surface area contributed by atoms with Crippen molar-refractivity contribution in [3.05, 3.63) is 262 Å². The van der Waals surface area contributed by atoms with Crippen LogP contribution in [0.4, 0.5) is 0 Å². The number of hydrogen-bond donors (Lipinski definition) is 1. The minimum Gasteiger partial charge on any atom is -0.359 e. The summed E-state index contributed by atoms with van der Waals surface area (Å²) in [6.07, 6.45) is -0.369. The Hall–Kier alpha value is -7.29. The Morgan fingerprint density at radius 2 is 1.00 bits per heavy atom. The second-order valence-corrected chi connectivity index (χ2v) is 15.0. The highest BCUT2D eigenvalue weighted by molar-refractivity contribution is 5.98. The van der Waals surface area contributed by atoms with Crippen LogP contribution in [0.2, 0.25) is 0 Å². The van der Waals surface area contributed by atoms with Gasteiger partial charge in [0.1, 0.15) is 6.17 Å². The van der Waals surface area contributed by atoms with E-state index in [0.717, 1.165) is 27.4 Å². The molecule has 0 spiro atoms. The molecule has 2 heteroatoms. The number of fused-ring (bicyclic) bond motifs is 8. The monoisotopic (exact) mass is 726 g/mol. The van der Waals surface area contributed by atoms with Crippen LogP contribution in [-0.2, 0) is 5.41 Å². The Bertz CT molecular complexity index is 3110. The van der Waals surface area contributed by atoms with E-state index in [0.29, 0.717) is 0 Å². The average molecular weight is 727 g/mol. The fourth-order valence-corrected chi connectivity index (χ4v) is 9.58. The van der Waals surface area contributed by atoms with Crippen LogP contribution in [0.25, 0.3) is 49.9 Å². The zero-order chi connectivity index (χ0) is 37.8. The number of para-hydroxylation sites is 1. The van der Waals surface area contributed by atoms with Crippen LogP contribution in [-0.4, -0.2) is 0 Å². The predicted molar refractivity (Wildman–Crippen MR) is 234 cm³/mol. The fourth-order valence-electron chi connectivity index (χ4n) is 9.58. The molecule has 0 radical (unpaired) electrons. The van der Waals surface area contributed by atoms with E-state index < -0.39 is 5.41 Å². The molecule has 268 valence electrons. The number of hydrogen-bond acceptors (Lipinski definition) is 2. The summed E-state index contributed by atoms with van der Waals surface area (Å²) in [6.45, 7) is 0. The van der Waals surface area contributed by atoms with E-state index >= 15 is 0 Å². The first-order chi connectivity index (χ1) is 28.3. The van der Waals surface area contributed by atoms with Gasteiger partial charge < -0.3 is 5.32 Å². The van der Waals surface area contributed by atoms with Crippen LogP contribution in [0.1, 0.15) is 39.5 Å². The van der Waals surface area contributed by atoms with Crippen LogP contribution in [0.5, 0.6) is 0 Å². The van der Waals surface area contributed by atoms with Crippen molar-refractivity contribution in [2.75, 3.05) is 0 Å². The number of nitrogens with one attached hydrogen (secondary N) is 1. The zero-order valence-corrected chi connectivity index (χ0v) is 31.3. The van der Waals surface area contributed by atoms with Gasteiger partial charge in [0.2, 0.25) is 0 Å². The molecular weight excluding hydrogens is 689 g/mol. The van der Waals surface area contributed by atoms with Gasteiger partial charge in [-0.1, -0.05) is 206 Å². The first-order valence-corrected chi connectivity index (χ1v) is 19.7. The van der Waals surface area contributed by atoms with Crippen molar-refractivity contribution in [3.8, 4) is 33.4 Å². The summed E-state index contributed by atoms with van der Waals surface area (Å²) in [5.41, 5.74) is 14.8. The van der Waals surface area contributed by atoms with Gasteiger partial charge in [-0.05, 0) is 84.1 Å². The summed E-state index contributed by atoms with van der Waals surface area (Å²) >= 11 is 0. The number of nitrogens with zero attached hydrogens (tertiary/aromatic N) is 1. The van der Waals surface area contributed by atoms with E-state index in [-0.39, 0.29) is 6.17 Å². The zero-order valence-electron chi connectivity index (χ0n) is 31.3. The van der Waals surface area contributed by atoms with Crippen molar-refractivity contribution in [3.63, 3.8) is 0 Å². The van der Waals surface area contributed by atoms with Crippen molar-refractivity contribution in [1.29, 1.82) is 0 Å². The quantitative estimate of drug-likeness (QED) is 0.188. The van der Waals surface area contributed by atoms with Crippen molar-refractivity contribution in [2.24, 2.45) is 4.99 Å². The van der Waals surface area contributed by atoms with E-state index in [1.54, 1.807) is 0 Å². The smallest absolute Gasteiger partial charge is 0.145 e. The van der Waals surface area contributed by atoms with E-state index in [9.17, 15) is 0 Å². The summed E-state index contributed by atoms with van der Waals surface area (Å²) < 4.78 is 0. The van der Waals surface area contributed by atoms with E-state index in [1.807, 2.05) is 0 Å². The molecule has 0 saturated heterocycles. The largest absolute Gasteiger partial charge is 0.359 e. The summed E-state index contributed by atoms with van der Waals surface area (Å²) in [6, 6.07) is 79.9. The molecule has 2 atom stereocenters. The predicted octanol–water partition coefficient (Wildman–Crippen LogP) is 11.6. The summed E-state index contributed by atoms with van der Waals surface area (Å²) in [5.74, 6) is 0. The second kappa shape index (κ2) is 13.5. The molecule has 9 aromatic carbocycles. The average Bonchev–Trinajstić information content (AvgIpc) is 3.29. The molecule has 0 amide bonds. The van der Waals surface area contributed by atoms with Gasteiger partial charge in [-0.15, -0.1) is 0 Å². The fraction of sp³-hybridized carbons (Fsp3) is 0.0364. The van der Waals surface area contributed by atoms with Gasteiger partial charge in [-0.3, -0.25) is 4.99 Å². The van der Waals surface area contributed by atoms with Gasteiger partial charge in [-0.25, -0.2) is 0 Å². The molecule has 1 aliphatic heterocycles. The van der Waals surface area contributed by atoms with Gasteiger partial charge in [0.05, 0.1) is 16.5 Å². The number of rotatable bonds is 5. The highest BCUT2D eigenvalue weighted by atomic mass is 15.1. The first-order valence-electron chi connectivity index (χ1n) is 19.7. The molecule has 0 fully saturated rings. The molecule has 9 aromatic rings. The van der Waals surface area contributed by atoms with Gasteiger partial charge in [-0.2, -0.15) is 0 Å². The molecule has 0 aromatic heterocycles. The topological polar surface area (TPSA) is 24.4 Å². The number of benzene rings is 9. The minimum atomic E-state index is -0.750. The summed E-state index contributed by atoms with van der Waals surface area (Å²) in [5, 5.41) is 8.54. The molecular formula is C55H38N2. The van der Waals surface area contributed by atoms with Crippen molar-refractivity contribution in [1.82, 2.24) is 5.32 Å². The third-order valence-corrected chi connectivity index (χ3v) is 12.0. The van der Waals surface area contributed by atoms with E-state index in [1.165, 1.54) is 66.4 Å². The molecule has 1 aliphatic carbocycles. The highest BCUT2D eigenvalue weighted by Gasteiger charge is 2.45. The highest BCUT2D eigenvalue weighted by Crippen LogP contribution is 2.56. The molecule has 2 bridgehead atoms. The Balaban J connectivity index is 1.25. The molecule has 1 heterocycles. The van der Waals surface area contributed by atoms with Crippen molar-refractivity contribution >= 4 is 16.5 Å². The Morgan fingerprint density at radius 3 is 1.82 bits per heavy atom. The van der Waals surface area contributed by atoms with E-state index in [4.69, 9.17) is 4.99 Å². The molecule has 0 saturated carbocycles. The molecule has 1 N–H and O–H groups in total. The minimum absolute atomic E-state index is 0.369. The van der Waals surface area contributed by atoms with Crippen LogP contribution in [0, 0.1) is 0 Å². The Labute approximate surface area is 332 Å². The normalized spacial score (nSPS) is 16.6. The van der Waals surface area contributed by atoms with Crippen molar-refractivity contribution in [2.45, 2.75) is 11.6 Å². The van der Waals surface area contributed by atoms with Crippen LogP contribution >= 0.6 is 0 Å². The maximum atomic E-state index is 5.55. The van der Waals surface area contributed by atoms with E-state index in [2.05, 4.69) is 224 Å². The van der Waals surface area contributed by atoms with Crippen molar-refractivity contribution < 1.29 is 0 Å². The van der Waals surface area contributed by atoms with Gasteiger partial charge in [0.15, 0.2) is 0 Å². The summed E-state index contributed by atoms with van der Waals surface area (Å²) in [4.78, 5) is 5.55.